The molecule has 1 aromatic heterocycles. The number of aromatic nitrogens is 1. The Hall–Kier alpha value is -3.02. The van der Waals surface area contributed by atoms with Crippen LogP contribution in [-0.4, -0.2) is 29.9 Å². The van der Waals surface area contributed by atoms with E-state index in [4.69, 9.17) is 5.73 Å². The fraction of sp³-hybridized carbons (Fsp3) is 0.182. The lowest BCUT2D eigenvalue weighted by Gasteiger charge is -2.12. The van der Waals surface area contributed by atoms with E-state index in [2.05, 4.69) is 34.7 Å². The van der Waals surface area contributed by atoms with Crippen LogP contribution in [-0.2, 0) is 6.61 Å². The summed E-state index contributed by atoms with van der Waals surface area (Å²) in [5, 5.41) is 12.8. The van der Waals surface area contributed by atoms with Crippen molar-refractivity contribution in [3.8, 4) is 0 Å². The van der Waals surface area contributed by atoms with E-state index >= 15 is 0 Å². The first-order chi connectivity index (χ1) is 13.2. The molecule has 5 heteroatoms. The summed E-state index contributed by atoms with van der Waals surface area (Å²) in [6.07, 6.45) is 8.08. The number of allylic oxidation sites excluding steroid dienone is 1. The van der Waals surface area contributed by atoms with E-state index in [0.29, 0.717) is 12.4 Å². The van der Waals surface area contributed by atoms with Gasteiger partial charge in [-0.25, -0.2) is 4.98 Å². The summed E-state index contributed by atoms with van der Waals surface area (Å²) < 4.78 is 0. The van der Waals surface area contributed by atoms with E-state index in [0.717, 1.165) is 40.8 Å². The average molecular weight is 362 g/mol. The number of nitrogens with zero attached hydrogens (tertiary/aromatic N) is 2. The van der Waals surface area contributed by atoms with Crippen LogP contribution in [0.4, 0.5) is 5.82 Å². The van der Waals surface area contributed by atoms with Crippen molar-refractivity contribution in [1.29, 1.82) is 0 Å². The van der Waals surface area contributed by atoms with Crippen molar-refractivity contribution >= 4 is 18.1 Å². The molecule has 4 N–H and O–H groups in total. The van der Waals surface area contributed by atoms with Crippen molar-refractivity contribution in [3.63, 3.8) is 0 Å². The zero-order chi connectivity index (χ0) is 19.5. The van der Waals surface area contributed by atoms with Crippen LogP contribution in [0.2, 0.25) is 0 Å². The Morgan fingerprint density at radius 1 is 1.30 bits per heavy atom. The van der Waals surface area contributed by atoms with E-state index in [-0.39, 0.29) is 6.61 Å². The molecule has 0 amide bonds. The molecule has 0 saturated carbocycles. The average Bonchev–Trinajstić information content (AvgIpc) is 2.70. The third-order valence-electron chi connectivity index (χ3n) is 4.04. The molecule has 0 spiro atoms. The fourth-order valence-corrected chi connectivity index (χ4v) is 2.63. The van der Waals surface area contributed by atoms with Gasteiger partial charge in [0.2, 0.25) is 0 Å². The highest BCUT2D eigenvalue weighted by Crippen LogP contribution is 2.27. The maximum absolute atomic E-state index is 9.44. The Balaban J connectivity index is 2.14. The van der Waals surface area contributed by atoms with E-state index in [1.165, 1.54) is 0 Å². The number of anilines is 1. The Labute approximate surface area is 160 Å². The molecule has 1 aromatic carbocycles. The van der Waals surface area contributed by atoms with Gasteiger partial charge in [0.05, 0.1) is 6.61 Å². The SMILES string of the molecule is C=N/C=C\C(=C)CCNC/C=C(\c1cccc(CO)c1)c1cccnc1N. The van der Waals surface area contributed by atoms with Gasteiger partial charge < -0.3 is 16.2 Å². The predicted molar refractivity (Wildman–Crippen MR) is 113 cm³/mol. The molecule has 1 heterocycles. The lowest BCUT2D eigenvalue weighted by atomic mass is 9.96. The molecule has 0 fully saturated rings. The van der Waals surface area contributed by atoms with Gasteiger partial charge in [0, 0.05) is 24.5 Å². The highest BCUT2D eigenvalue weighted by Gasteiger charge is 2.09. The van der Waals surface area contributed by atoms with E-state index in [1.54, 1.807) is 12.4 Å². The molecular weight excluding hydrogens is 336 g/mol. The number of hydrogen-bond acceptors (Lipinski definition) is 5. The fourth-order valence-electron chi connectivity index (χ4n) is 2.63. The minimum Gasteiger partial charge on any atom is -0.392 e. The highest BCUT2D eigenvalue weighted by atomic mass is 16.3. The third kappa shape index (κ3) is 6.33. The summed E-state index contributed by atoms with van der Waals surface area (Å²) in [7, 11) is 0. The number of hydrogen-bond donors (Lipinski definition) is 3. The van der Waals surface area contributed by atoms with Gasteiger partial charge in [-0.2, -0.15) is 0 Å². The van der Waals surface area contributed by atoms with Crippen molar-refractivity contribution in [2.24, 2.45) is 4.99 Å². The summed E-state index contributed by atoms with van der Waals surface area (Å²) in [6.45, 7) is 8.84. The molecule has 0 unspecified atom stereocenters. The van der Waals surface area contributed by atoms with Crippen LogP contribution in [0.25, 0.3) is 5.57 Å². The molecular formula is C22H26N4O. The van der Waals surface area contributed by atoms with Gasteiger partial charge in [-0.1, -0.05) is 36.4 Å². The van der Waals surface area contributed by atoms with Crippen molar-refractivity contribution < 1.29 is 5.11 Å². The van der Waals surface area contributed by atoms with Crippen LogP contribution in [0.15, 0.2) is 78.1 Å². The summed E-state index contributed by atoms with van der Waals surface area (Å²) in [5.41, 5.74) is 10.8. The first kappa shape index (κ1) is 20.3. The summed E-state index contributed by atoms with van der Waals surface area (Å²) in [4.78, 5) is 7.87. The maximum Gasteiger partial charge on any atom is 0.131 e. The van der Waals surface area contributed by atoms with Gasteiger partial charge in [-0.3, -0.25) is 4.99 Å². The second-order valence-corrected chi connectivity index (χ2v) is 6.02. The highest BCUT2D eigenvalue weighted by molar-refractivity contribution is 5.84. The molecule has 0 bridgehead atoms. The lowest BCUT2D eigenvalue weighted by Crippen LogP contribution is -2.16. The van der Waals surface area contributed by atoms with Gasteiger partial charge in [0.15, 0.2) is 0 Å². The van der Waals surface area contributed by atoms with Crippen molar-refractivity contribution in [1.82, 2.24) is 10.3 Å². The molecule has 27 heavy (non-hydrogen) atoms. The van der Waals surface area contributed by atoms with Crippen LogP contribution in [0.5, 0.6) is 0 Å². The van der Waals surface area contributed by atoms with Gasteiger partial charge in [0.25, 0.3) is 0 Å². The molecule has 0 radical (unpaired) electrons. The van der Waals surface area contributed by atoms with Crippen molar-refractivity contribution in [3.05, 3.63) is 89.8 Å². The minimum atomic E-state index is -0.00289. The van der Waals surface area contributed by atoms with Gasteiger partial charge >= 0.3 is 0 Å². The van der Waals surface area contributed by atoms with Crippen LogP contribution in [0.1, 0.15) is 23.1 Å². The lowest BCUT2D eigenvalue weighted by molar-refractivity contribution is 0.282. The standard InChI is InChI=1S/C22H26N4O/c1-17(8-12-24-2)9-13-25-14-10-20(21-7-4-11-26-22(21)23)19-6-3-5-18(15-19)16-27/h3-8,10-12,15,25,27H,1-2,9,13-14,16H2,(H2,23,26)/b12-8-,20-10+. The van der Waals surface area contributed by atoms with Crippen LogP contribution in [0.3, 0.4) is 0 Å². The first-order valence-corrected chi connectivity index (χ1v) is 8.77. The molecule has 0 atom stereocenters. The number of benzene rings is 1. The number of aliphatic hydroxyl groups is 1. The second-order valence-electron chi connectivity index (χ2n) is 6.02. The summed E-state index contributed by atoms with van der Waals surface area (Å²) in [6, 6.07) is 11.6. The smallest absolute Gasteiger partial charge is 0.131 e. The predicted octanol–water partition coefficient (Wildman–Crippen LogP) is 3.34. The quantitative estimate of drug-likeness (QED) is 0.344. The molecule has 2 rings (SSSR count). The van der Waals surface area contributed by atoms with Gasteiger partial charge in [-0.15, -0.1) is 0 Å². The number of pyridine rings is 1. The van der Waals surface area contributed by atoms with Gasteiger partial charge in [0.1, 0.15) is 5.82 Å². The van der Waals surface area contributed by atoms with E-state index in [1.807, 2.05) is 42.5 Å². The zero-order valence-corrected chi connectivity index (χ0v) is 15.4. The third-order valence-corrected chi connectivity index (χ3v) is 4.04. The van der Waals surface area contributed by atoms with Crippen LogP contribution in [0, 0.1) is 0 Å². The molecule has 140 valence electrons. The molecule has 0 aliphatic carbocycles. The monoisotopic (exact) mass is 362 g/mol. The minimum absolute atomic E-state index is 0.00289. The largest absolute Gasteiger partial charge is 0.392 e. The number of aliphatic imine (C=N–C) groups is 1. The van der Waals surface area contributed by atoms with E-state index in [9.17, 15) is 5.11 Å². The Morgan fingerprint density at radius 3 is 2.89 bits per heavy atom. The molecule has 5 nitrogen and oxygen atoms in total. The van der Waals surface area contributed by atoms with E-state index < -0.39 is 0 Å². The topological polar surface area (TPSA) is 83.5 Å². The maximum atomic E-state index is 9.44. The van der Waals surface area contributed by atoms with Crippen LogP contribution >= 0.6 is 0 Å². The number of aliphatic hydroxyl groups excluding tert-OH is 1. The number of nitrogen functional groups attached to an aromatic ring is 1. The van der Waals surface area contributed by atoms with Crippen LogP contribution < -0.4 is 11.1 Å². The van der Waals surface area contributed by atoms with Crippen molar-refractivity contribution in [2.75, 3.05) is 18.8 Å². The Morgan fingerprint density at radius 2 is 2.15 bits per heavy atom. The Kier molecular flexibility index (Phi) is 8.16. The number of nitrogens with two attached hydrogens (primary N) is 1. The normalized spacial score (nSPS) is 11.7. The summed E-state index contributed by atoms with van der Waals surface area (Å²) in [5.74, 6) is 0.480. The van der Waals surface area contributed by atoms with Gasteiger partial charge in [-0.05, 0) is 60.7 Å². The number of nitrogens with one attached hydrogen (secondary N) is 1. The number of rotatable bonds is 10. The molecule has 0 aliphatic rings. The summed E-state index contributed by atoms with van der Waals surface area (Å²) >= 11 is 0. The molecule has 2 aromatic rings. The molecule has 0 saturated heterocycles. The van der Waals surface area contributed by atoms with Crippen molar-refractivity contribution in [2.45, 2.75) is 13.0 Å². The first-order valence-electron chi connectivity index (χ1n) is 8.77. The Bertz CT molecular complexity index is 840. The molecule has 0 aliphatic heterocycles. The zero-order valence-electron chi connectivity index (χ0n) is 15.4. The second kappa shape index (κ2) is 10.9.